The molecule has 0 aromatic heterocycles. The van der Waals surface area contributed by atoms with Crippen LogP contribution in [0.25, 0.3) is 0 Å². The van der Waals surface area contributed by atoms with Gasteiger partial charge in [0.25, 0.3) is 0 Å². The summed E-state index contributed by atoms with van der Waals surface area (Å²) in [6.45, 7) is 2.55. The Labute approximate surface area is 101 Å². The molecule has 1 saturated carbocycles. The molecular weight excluding hydrogens is 219 g/mol. The van der Waals surface area contributed by atoms with Crippen LogP contribution < -0.4 is 0 Å². The zero-order valence-corrected chi connectivity index (χ0v) is 10.1. The van der Waals surface area contributed by atoms with E-state index in [2.05, 4.69) is 0 Å². The second kappa shape index (κ2) is 5.61. The first-order valence-corrected chi connectivity index (χ1v) is 6.24. The highest BCUT2D eigenvalue weighted by Gasteiger charge is 2.36. The molecule has 1 aliphatic rings. The lowest BCUT2D eigenvalue weighted by molar-refractivity contribution is -0.0439. The molecule has 1 aliphatic carbocycles. The van der Waals surface area contributed by atoms with E-state index in [0.29, 0.717) is 18.9 Å². The number of hydrogen-bond donors (Lipinski definition) is 1. The van der Waals surface area contributed by atoms with Crippen LogP contribution in [0.2, 0.25) is 0 Å². The molecule has 1 fully saturated rings. The molecule has 0 spiro atoms. The van der Waals surface area contributed by atoms with Crippen molar-refractivity contribution in [2.45, 2.75) is 38.4 Å². The molecule has 0 bridgehead atoms. The van der Waals surface area contributed by atoms with E-state index in [4.69, 9.17) is 4.74 Å². The van der Waals surface area contributed by atoms with Crippen LogP contribution in [0.1, 0.15) is 25.3 Å². The zero-order chi connectivity index (χ0) is 12.3. The topological polar surface area (TPSA) is 29.5 Å². The smallest absolute Gasteiger partial charge is 0.123 e. The van der Waals surface area contributed by atoms with Gasteiger partial charge in [-0.2, -0.15) is 0 Å². The van der Waals surface area contributed by atoms with Gasteiger partial charge < -0.3 is 9.84 Å². The Kier molecular flexibility index (Phi) is 4.13. The number of aliphatic hydroxyl groups excluding tert-OH is 1. The molecule has 3 heteroatoms. The highest BCUT2D eigenvalue weighted by Crippen LogP contribution is 2.36. The van der Waals surface area contributed by atoms with Crippen LogP contribution in [0.5, 0.6) is 0 Å². The summed E-state index contributed by atoms with van der Waals surface area (Å²) in [6, 6.07) is 6.39. The Balaban J connectivity index is 1.96. The standard InChI is InChI=1S/C14H19FO2/c1-2-17-14(11-6-7-11)13(16)9-10-4-3-5-12(15)8-10/h3-5,8,11,13-14,16H,2,6-7,9H2,1H3. The lowest BCUT2D eigenvalue weighted by Crippen LogP contribution is -2.32. The molecule has 2 nitrogen and oxygen atoms in total. The Morgan fingerprint density at radius 3 is 2.82 bits per heavy atom. The summed E-state index contributed by atoms with van der Waals surface area (Å²) in [4.78, 5) is 0. The summed E-state index contributed by atoms with van der Waals surface area (Å²) >= 11 is 0. The van der Waals surface area contributed by atoms with E-state index in [1.54, 1.807) is 6.07 Å². The van der Waals surface area contributed by atoms with Crippen molar-refractivity contribution in [3.05, 3.63) is 35.6 Å². The second-order valence-electron chi connectivity index (χ2n) is 4.66. The molecule has 1 N–H and O–H groups in total. The van der Waals surface area contributed by atoms with Crippen molar-refractivity contribution in [1.29, 1.82) is 0 Å². The largest absolute Gasteiger partial charge is 0.390 e. The SMILES string of the molecule is CCOC(C(O)Cc1cccc(F)c1)C1CC1. The molecular formula is C14H19FO2. The summed E-state index contributed by atoms with van der Waals surface area (Å²) in [7, 11) is 0. The molecule has 0 heterocycles. The number of halogens is 1. The molecule has 2 rings (SSSR count). The fourth-order valence-corrected chi connectivity index (χ4v) is 2.20. The summed E-state index contributed by atoms with van der Waals surface area (Å²) in [5.74, 6) is 0.229. The average molecular weight is 238 g/mol. The maximum atomic E-state index is 13.0. The van der Waals surface area contributed by atoms with Crippen LogP contribution in [0, 0.1) is 11.7 Å². The van der Waals surface area contributed by atoms with Crippen LogP contribution in [-0.2, 0) is 11.2 Å². The molecule has 1 aromatic carbocycles. The Morgan fingerprint density at radius 1 is 1.47 bits per heavy atom. The zero-order valence-electron chi connectivity index (χ0n) is 10.1. The van der Waals surface area contributed by atoms with E-state index in [9.17, 15) is 9.50 Å². The van der Waals surface area contributed by atoms with E-state index < -0.39 is 6.10 Å². The summed E-state index contributed by atoms with van der Waals surface area (Å²) in [6.07, 6.45) is 2.09. The van der Waals surface area contributed by atoms with Crippen molar-refractivity contribution in [3.63, 3.8) is 0 Å². The molecule has 0 radical (unpaired) electrons. The average Bonchev–Trinajstić information content (AvgIpc) is 3.09. The number of ether oxygens (including phenoxy) is 1. The predicted octanol–water partition coefficient (Wildman–Crippen LogP) is 2.54. The number of rotatable bonds is 6. The highest BCUT2D eigenvalue weighted by molar-refractivity contribution is 5.17. The van der Waals surface area contributed by atoms with Gasteiger partial charge in [0, 0.05) is 13.0 Å². The van der Waals surface area contributed by atoms with Crippen molar-refractivity contribution in [2.24, 2.45) is 5.92 Å². The van der Waals surface area contributed by atoms with Gasteiger partial charge in [-0.15, -0.1) is 0 Å². The second-order valence-corrected chi connectivity index (χ2v) is 4.66. The molecule has 0 saturated heterocycles. The fourth-order valence-electron chi connectivity index (χ4n) is 2.20. The van der Waals surface area contributed by atoms with Crippen molar-refractivity contribution in [3.8, 4) is 0 Å². The van der Waals surface area contributed by atoms with Gasteiger partial charge in [0.2, 0.25) is 0 Å². The minimum atomic E-state index is -0.538. The highest BCUT2D eigenvalue weighted by atomic mass is 19.1. The van der Waals surface area contributed by atoms with E-state index in [-0.39, 0.29) is 11.9 Å². The molecule has 0 aliphatic heterocycles. The summed E-state index contributed by atoms with van der Waals surface area (Å²) in [5, 5.41) is 10.1. The lowest BCUT2D eigenvalue weighted by Gasteiger charge is -2.22. The van der Waals surface area contributed by atoms with E-state index in [1.807, 2.05) is 13.0 Å². The van der Waals surface area contributed by atoms with Gasteiger partial charge in [0.15, 0.2) is 0 Å². The maximum absolute atomic E-state index is 13.0. The number of aliphatic hydroxyl groups is 1. The van der Waals surface area contributed by atoms with Crippen molar-refractivity contribution in [1.82, 2.24) is 0 Å². The van der Waals surface area contributed by atoms with Crippen molar-refractivity contribution in [2.75, 3.05) is 6.61 Å². The van der Waals surface area contributed by atoms with Crippen LogP contribution in [0.15, 0.2) is 24.3 Å². The normalized spacial score (nSPS) is 19.0. The third-order valence-corrected chi connectivity index (χ3v) is 3.16. The molecule has 0 amide bonds. The first kappa shape index (κ1) is 12.5. The summed E-state index contributed by atoms with van der Waals surface area (Å²) in [5.41, 5.74) is 0.822. The first-order chi connectivity index (χ1) is 8.20. The molecule has 2 atom stereocenters. The van der Waals surface area contributed by atoms with Gasteiger partial charge in [0.1, 0.15) is 5.82 Å². The van der Waals surface area contributed by atoms with Crippen LogP contribution >= 0.6 is 0 Å². The third kappa shape index (κ3) is 3.51. The third-order valence-electron chi connectivity index (χ3n) is 3.16. The monoisotopic (exact) mass is 238 g/mol. The van der Waals surface area contributed by atoms with Gasteiger partial charge in [-0.05, 0) is 43.4 Å². The Bertz CT molecular complexity index is 363. The molecule has 1 aromatic rings. The van der Waals surface area contributed by atoms with Gasteiger partial charge in [0.05, 0.1) is 12.2 Å². The van der Waals surface area contributed by atoms with Crippen LogP contribution in [0.4, 0.5) is 4.39 Å². The molecule has 94 valence electrons. The molecule has 2 unspecified atom stereocenters. The van der Waals surface area contributed by atoms with E-state index in [1.165, 1.54) is 12.1 Å². The van der Waals surface area contributed by atoms with Gasteiger partial charge >= 0.3 is 0 Å². The van der Waals surface area contributed by atoms with Crippen molar-refractivity contribution < 1.29 is 14.2 Å². The quantitative estimate of drug-likeness (QED) is 0.825. The Hall–Kier alpha value is -0.930. The number of benzene rings is 1. The predicted molar refractivity (Wildman–Crippen MR) is 64.2 cm³/mol. The minimum absolute atomic E-state index is 0.0942. The Morgan fingerprint density at radius 2 is 2.24 bits per heavy atom. The maximum Gasteiger partial charge on any atom is 0.123 e. The van der Waals surface area contributed by atoms with E-state index >= 15 is 0 Å². The number of hydrogen-bond acceptors (Lipinski definition) is 2. The fraction of sp³-hybridized carbons (Fsp3) is 0.571. The van der Waals surface area contributed by atoms with Crippen molar-refractivity contribution >= 4 is 0 Å². The van der Waals surface area contributed by atoms with Gasteiger partial charge in [-0.3, -0.25) is 0 Å². The lowest BCUT2D eigenvalue weighted by atomic mass is 10.0. The first-order valence-electron chi connectivity index (χ1n) is 6.24. The van der Waals surface area contributed by atoms with E-state index in [0.717, 1.165) is 18.4 Å². The van der Waals surface area contributed by atoms with Gasteiger partial charge in [-0.25, -0.2) is 4.39 Å². The minimum Gasteiger partial charge on any atom is -0.390 e. The van der Waals surface area contributed by atoms with Crippen LogP contribution in [0.3, 0.4) is 0 Å². The summed E-state index contributed by atoms with van der Waals surface area (Å²) < 4.78 is 18.6. The molecule has 17 heavy (non-hydrogen) atoms. The van der Waals surface area contributed by atoms with Crippen LogP contribution in [-0.4, -0.2) is 23.9 Å². The van der Waals surface area contributed by atoms with Gasteiger partial charge in [-0.1, -0.05) is 12.1 Å².